The molecule has 3 aromatic rings. The van der Waals surface area contributed by atoms with Gasteiger partial charge in [-0.25, -0.2) is 5.43 Å². The lowest BCUT2D eigenvalue weighted by Crippen LogP contribution is -2.24. The molecule has 0 saturated carbocycles. The number of carbonyl (C=O) groups excluding carboxylic acids is 1. The summed E-state index contributed by atoms with van der Waals surface area (Å²) in [5, 5.41) is 16.0. The molecule has 0 unspecified atom stereocenters. The van der Waals surface area contributed by atoms with Crippen molar-refractivity contribution in [3.8, 4) is 22.9 Å². The van der Waals surface area contributed by atoms with Crippen LogP contribution in [0.4, 0.5) is 0 Å². The molecule has 1 aromatic heterocycles. The number of nitrogens with zero attached hydrogens (tertiary/aromatic N) is 5. The van der Waals surface area contributed by atoms with Crippen LogP contribution >= 0.6 is 0 Å². The predicted molar refractivity (Wildman–Crippen MR) is 96.4 cm³/mol. The van der Waals surface area contributed by atoms with Gasteiger partial charge in [0.25, 0.3) is 5.91 Å². The first-order valence-corrected chi connectivity index (χ1v) is 8.33. The molecule has 1 N–H and O–H groups in total. The van der Waals surface area contributed by atoms with Gasteiger partial charge in [0.1, 0.15) is 19.8 Å². The van der Waals surface area contributed by atoms with Crippen LogP contribution in [0.5, 0.6) is 11.5 Å². The van der Waals surface area contributed by atoms with Crippen molar-refractivity contribution in [2.45, 2.75) is 6.54 Å². The van der Waals surface area contributed by atoms with Crippen LogP contribution in [0.2, 0.25) is 0 Å². The lowest BCUT2D eigenvalue weighted by molar-refractivity contribution is -0.122. The molecule has 2 heterocycles. The summed E-state index contributed by atoms with van der Waals surface area (Å²) >= 11 is 0. The van der Waals surface area contributed by atoms with Crippen LogP contribution in [0.15, 0.2) is 53.6 Å². The largest absolute Gasteiger partial charge is 0.486 e. The van der Waals surface area contributed by atoms with Gasteiger partial charge in [0.15, 0.2) is 11.5 Å². The molecular weight excluding hydrogens is 348 g/mol. The first-order chi connectivity index (χ1) is 13.3. The molecule has 0 spiro atoms. The van der Waals surface area contributed by atoms with Crippen LogP contribution < -0.4 is 14.9 Å². The van der Waals surface area contributed by atoms with E-state index in [4.69, 9.17) is 9.47 Å². The number of nitrogens with one attached hydrogen (secondary N) is 1. The second-order valence-electron chi connectivity index (χ2n) is 5.71. The van der Waals surface area contributed by atoms with Crippen molar-refractivity contribution >= 4 is 12.1 Å². The van der Waals surface area contributed by atoms with Gasteiger partial charge in [-0.3, -0.25) is 4.79 Å². The molecule has 4 rings (SSSR count). The standard InChI is InChI=1S/C18H16N6O3/c25-17(12-24-22-18(21-23-24)14-4-2-1-3-5-14)20-19-11-13-6-7-15-16(10-13)27-9-8-26-15/h1-7,10-11H,8-9,12H2,(H,20,25)/b19-11+. The maximum absolute atomic E-state index is 12.0. The van der Waals surface area contributed by atoms with Gasteiger partial charge in [-0.2, -0.15) is 9.90 Å². The van der Waals surface area contributed by atoms with E-state index in [1.807, 2.05) is 42.5 Å². The number of ether oxygens (including phenoxy) is 2. The average molecular weight is 364 g/mol. The molecule has 9 heteroatoms. The SMILES string of the molecule is O=C(Cn1nnc(-c2ccccc2)n1)N/N=C/c1ccc2c(c1)OCCO2. The summed E-state index contributed by atoms with van der Waals surface area (Å²) in [7, 11) is 0. The van der Waals surface area contributed by atoms with Crippen molar-refractivity contribution in [1.29, 1.82) is 0 Å². The van der Waals surface area contributed by atoms with Gasteiger partial charge in [0.05, 0.1) is 6.21 Å². The third-order valence-corrected chi connectivity index (χ3v) is 3.74. The molecule has 0 radical (unpaired) electrons. The van der Waals surface area contributed by atoms with Gasteiger partial charge >= 0.3 is 0 Å². The van der Waals surface area contributed by atoms with Crippen LogP contribution in [0.1, 0.15) is 5.56 Å². The fourth-order valence-electron chi connectivity index (χ4n) is 2.50. The number of amides is 1. The lowest BCUT2D eigenvalue weighted by atomic mass is 10.2. The highest BCUT2D eigenvalue weighted by molar-refractivity contribution is 5.83. The van der Waals surface area contributed by atoms with E-state index in [1.54, 1.807) is 6.07 Å². The lowest BCUT2D eigenvalue weighted by Gasteiger charge is -2.18. The predicted octanol–water partition coefficient (Wildman–Crippen LogP) is 1.26. The fraction of sp³-hybridized carbons (Fsp3) is 0.167. The third kappa shape index (κ3) is 4.09. The van der Waals surface area contributed by atoms with Gasteiger partial charge < -0.3 is 9.47 Å². The maximum atomic E-state index is 12.0. The summed E-state index contributed by atoms with van der Waals surface area (Å²) < 4.78 is 11.0. The highest BCUT2D eigenvalue weighted by Crippen LogP contribution is 2.30. The van der Waals surface area contributed by atoms with E-state index in [-0.39, 0.29) is 12.5 Å². The van der Waals surface area contributed by atoms with E-state index in [2.05, 4.69) is 25.9 Å². The van der Waals surface area contributed by atoms with Crippen LogP contribution in [0.3, 0.4) is 0 Å². The Kier molecular flexibility index (Phi) is 4.73. The average Bonchev–Trinajstić information content (AvgIpc) is 3.17. The highest BCUT2D eigenvalue weighted by atomic mass is 16.6. The number of benzene rings is 2. The summed E-state index contributed by atoms with van der Waals surface area (Å²) in [6.45, 7) is 0.970. The number of carbonyl (C=O) groups is 1. The molecule has 0 aliphatic carbocycles. The molecule has 27 heavy (non-hydrogen) atoms. The van der Waals surface area contributed by atoms with E-state index in [9.17, 15) is 4.79 Å². The van der Waals surface area contributed by atoms with Gasteiger partial charge in [0, 0.05) is 5.56 Å². The Bertz CT molecular complexity index is 970. The Balaban J connectivity index is 1.33. The van der Waals surface area contributed by atoms with Gasteiger partial charge in [-0.1, -0.05) is 30.3 Å². The maximum Gasteiger partial charge on any atom is 0.263 e. The van der Waals surface area contributed by atoms with Gasteiger partial charge in [-0.05, 0) is 29.0 Å². The smallest absolute Gasteiger partial charge is 0.263 e. The summed E-state index contributed by atoms with van der Waals surface area (Å²) in [6.07, 6.45) is 1.53. The summed E-state index contributed by atoms with van der Waals surface area (Å²) in [5.74, 6) is 1.47. The van der Waals surface area contributed by atoms with Crippen molar-refractivity contribution in [3.05, 3.63) is 54.1 Å². The zero-order valence-corrected chi connectivity index (χ0v) is 14.3. The molecule has 0 saturated heterocycles. The van der Waals surface area contributed by atoms with Crippen molar-refractivity contribution in [2.24, 2.45) is 5.10 Å². The molecule has 9 nitrogen and oxygen atoms in total. The fourth-order valence-corrected chi connectivity index (χ4v) is 2.50. The Hall–Kier alpha value is -3.75. The number of fused-ring (bicyclic) bond motifs is 1. The minimum Gasteiger partial charge on any atom is -0.486 e. The summed E-state index contributed by atoms with van der Waals surface area (Å²) in [6, 6.07) is 14.9. The minimum absolute atomic E-state index is 0.0850. The monoisotopic (exact) mass is 364 g/mol. The number of aromatic nitrogens is 4. The second kappa shape index (κ2) is 7.65. The minimum atomic E-state index is -0.360. The molecule has 0 atom stereocenters. The highest BCUT2D eigenvalue weighted by Gasteiger charge is 2.11. The molecular formula is C18H16N6O3. The van der Waals surface area contributed by atoms with E-state index in [0.29, 0.717) is 30.5 Å². The van der Waals surface area contributed by atoms with E-state index in [1.165, 1.54) is 11.0 Å². The molecule has 1 amide bonds. The van der Waals surface area contributed by atoms with E-state index >= 15 is 0 Å². The molecule has 136 valence electrons. The topological polar surface area (TPSA) is 104 Å². The van der Waals surface area contributed by atoms with Gasteiger partial charge in [0.2, 0.25) is 5.82 Å². The second-order valence-corrected chi connectivity index (χ2v) is 5.71. The zero-order valence-electron chi connectivity index (χ0n) is 14.3. The van der Waals surface area contributed by atoms with Crippen molar-refractivity contribution in [2.75, 3.05) is 13.2 Å². The quantitative estimate of drug-likeness (QED) is 0.540. The number of hydrazone groups is 1. The zero-order chi connectivity index (χ0) is 18.5. The molecule has 2 aromatic carbocycles. The Morgan fingerprint density at radius 2 is 1.96 bits per heavy atom. The number of rotatable bonds is 5. The Morgan fingerprint density at radius 3 is 2.81 bits per heavy atom. The first-order valence-electron chi connectivity index (χ1n) is 8.33. The summed E-state index contributed by atoms with van der Waals surface area (Å²) in [5.41, 5.74) is 4.05. The van der Waals surface area contributed by atoms with Crippen LogP contribution in [0, 0.1) is 0 Å². The van der Waals surface area contributed by atoms with Crippen molar-refractivity contribution < 1.29 is 14.3 Å². The number of hydrogen-bond acceptors (Lipinski definition) is 7. The molecule has 0 bridgehead atoms. The van der Waals surface area contributed by atoms with E-state index < -0.39 is 0 Å². The Morgan fingerprint density at radius 1 is 1.15 bits per heavy atom. The first kappa shape index (κ1) is 16.7. The van der Waals surface area contributed by atoms with Crippen LogP contribution in [-0.4, -0.2) is 45.5 Å². The van der Waals surface area contributed by atoms with Crippen molar-refractivity contribution in [1.82, 2.24) is 25.6 Å². The third-order valence-electron chi connectivity index (χ3n) is 3.74. The molecule has 1 aliphatic heterocycles. The normalized spacial score (nSPS) is 12.9. The molecule has 0 fully saturated rings. The number of hydrogen-bond donors (Lipinski definition) is 1. The van der Waals surface area contributed by atoms with Gasteiger partial charge in [-0.15, -0.1) is 10.2 Å². The van der Waals surface area contributed by atoms with Crippen molar-refractivity contribution in [3.63, 3.8) is 0 Å². The summed E-state index contributed by atoms with van der Waals surface area (Å²) in [4.78, 5) is 13.2. The van der Waals surface area contributed by atoms with Crippen LogP contribution in [-0.2, 0) is 11.3 Å². The Labute approximate surface area is 154 Å². The van der Waals surface area contributed by atoms with E-state index in [0.717, 1.165) is 11.1 Å². The number of tetrazole rings is 1. The molecule has 1 aliphatic rings. The van der Waals surface area contributed by atoms with Crippen LogP contribution in [0.25, 0.3) is 11.4 Å².